The van der Waals surface area contributed by atoms with Crippen LogP contribution in [-0.2, 0) is 0 Å². The molecule has 0 saturated carbocycles. The van der Waals surface area contributed by atoms with E-state index >= 15 is 0 Å². The Balaban J connectivity index is 2.10. The highest BCUT2D eigenvalue weighted by Crippen LogP contribution is 2.27. The molecule has 0 aliphatic carbocycles. The zero-order valence-electron chi connectivity index (χ0n) is 16.4. The zero-order valence-corrected chi connectivity index (χ0v) is 16.4. The lowest BCUT2D eigenvalue weighted by Gasteiger charge is -2.27. The number of ether oxygens (including phenoxy) is 1. The molecule has 1 aliphatic rings. The Morgan fingerprint density at radius 2 is 2.12 bits per heavy atom. The van der Waals surface area contributed by atoms with Crippen LogP contribution in [0.25, 0.3) is 0 Å². The topological polar surface area (TPSA) is 39.5 Å². The van der Waals surface area contributed by atoms with Gasteiger partial charge in [-0.15, -0.1) is 0 Å². The fraction of sp³-hybridized carbons (Fsp3) is 0.667. The summed E-state index contributed by atoms with van der Waals surface area (Å²) >= 11 is 0. The summed E-state index contributed by atoms with van der Waals surface area (Å²) in [7, 11) is 0. The zero-order chi connectivity index (χ0) is 18.9. The van der Waals surface area contributed by atoms with Crippen molar-refractivity contribution in [1.29, 1.82) is 5.26 Å². The van der Waals surface area contributed by atoms with Crippen molar-refractivity contribution in [2.24, 2.45) is 11.8 Å². The van der Waals surface area contributed by atoms with E-state index in [0.29, 0.717) is 30.6 Å². The molecule has 1 heterocycles. The lowest BCUT2D eigenvalue weighted by Crippen LogP contribution is -2.31. The van der Waals surface area contributed by atoms with Crippen molar-refractivity contribution in [1.82, 2.24) is 4.90 Å². The number of anilines is 1. The van der Waals surface area contributed by atoms with Gasteiger partial charge in [0, 0.05) is 44.4 Å². The van der Waals surface area contributed by atoms with Crippen LogP contribution in [0, 0.1) is 29.0 Å². The molecule has 0 bridgehead atoms. The number of hydrogen-bond donors (Lipinski definition) is 0. The van der Waals surface area contributed by atoms with E-state index in [9.17, 15) is 4.39 Å². The third-order valence-electron chi connectivity index (χ3n) is 4.83. The number of nitriles is 1. The molecule has 1 atom stereocenters. The summed E-state index contributed by atoms with van der Waals surface area (Å²) in [5.41, 5.74) is 0.929. The molecule has 1 aliphatic heterocycles. The molecular weight excluding hydrogens is 329 g/mol. The fourth-order valence-electron chi connectivity index (χ4n) is 3.77. The van der Waals surface area contributed by atoms with Gasteiger partial charge in [-0.25, -0.2) is 4.39 Å². The monoisotopic (exact) mass is 361 g/mol. The third-order valence-corrected chi connectivity index (χ3v) is 4.83. The van der Waals surface area contributed by atoms with Crippen molar-refractivity contribution >= 4 is 5.69 Å². The van der Waals surface area contributed by atoms with Crippen LogP contribution in [0.3, 0.4) is 0 Å². The van der Waals surface area contributed by atoms with E-state index in [0.717, 1.165) is 51.3 Å². The standard InChI is InChI=1S/C21H32FN3O/c1-4-26-21-8-7-19(14-20(21)22)25-12-11-24(10-6-5-9-23)15-18(16-25)13-17(2)3/h7-8,14,17-18H,4-6,10-13,15-16H2,1-3H3/t18-/m1/s1. The van der Waals surface area contributed by atoms with Crippen LogP contribution in [0.15, 0.2) is 18.2 Å². The lowest BCUT2D eigenvalue weighted by molar-refractivity contribution is 0.240. The molecule has 0 spiro atoms. The molecule has 0 aromatic heterocycles. The minimum absolute atomic E-state index is 0.292. The van der Waals surface area contributed by atoms with Gasteiger partial charge in [-0.3, -0.25) is 0 Å². The van der Waals surface area contributed by atoms with E-state index in [2.05, 4.69) is 29.7 Å². The first-order chi connectivity index (χ1) is 12.5. The Bertz CT molecular complexity index is 599. The van der Waals surface area contributed by atoms with Gasteiger partial charge in [0.25, 0.3) is 0 Å². The summed E-state index contributed by atoms with van der Waals surface area (Å²) in [6, 6.07) is 7.53. The average molecular weight is 362 g/mol. The number of halogens is 1. The van der Waals surface area contributed by atoms with Crippen molar-refractivity contribution in [3.05, 3.63) is 24.0 Å². The predicted molar refractivity (Wildman–Crippen MR) is 104 cm³/mol. The van der Waals surface area contributed by atoms with Gasteiger partial charge in [0.2, 0.25) is 0 Å². The molecule has 1 aromatic rings. The van der Waals surface area contributed by atoms with Gasteiger partial charge in [0.1, 0.15) is 0 Å². The van der Waals surface area contributed by atoms with E-state index in [-0.39, 0.29) is 5.82 Å². The second-order valence-corrected chi connectivity index (χ2v) is 7.55. The fourth-order valence-corrected chi connectivity index (χ4v) is 3.77. The van der Waals surface area contributed by atoms with Gasteiger partial charge >= 0.3 is 0 Å². The Morgan fingerprint density at radius 3 is 2.77 bits per heavy atom. The number of nitrogens with zero attached hydrogens (tertiary/aromatic N) is 3. The van der Waals surface area contributed by atoms with E-state index in [1.165, 1.54) is 0 Å². The van der Waals surface area contributed by atoms with Crippen molar-refractivity contribution in [2.75, 3.05) is 44.2 Å². The molecule has 2 rings (SSSR count). The first-order valence-corrected chi connectivity index (χ1v) is 9.80. The Labute approximate surface area is 157 Å². The third kappa shape index (κ3) is 6.17. The van der Waals surface area contributed by atoms with E-state index < -0.39 is 0 Å². The van der Waals surface area contributed by atoms with E-state index in [1.807, 2.05) is 13.0 Å². The van der Waals surface area contributed by atoms with Gasteiger partial charge in [-0.1, -0.05) is 13.8 Å². The molecule has 26 heavy (non-hydrogen) atoms. The molecule has 1 fully saturated rings. The van der Waals surface area contributed by atoms with E-state index in [1.54, 1.807) is 12.1 Å². The largest absolute Gasteiger partial charge is 0.491 e. The Morgan fingerprint density at radius 1 is 1.31 bits per heavy atom. The number of unbranched alkanes of at least 4 members (excludes halogenated alkanes) is 1. The van der Waals surface area contributed by atoms with Crippen molar-refractivity contribution in [3.8, 4) is 11.8 Å². The van der Waals surface area contributed by atoms with Crippen LogP contribution in [-0.4, -0.2) is 44.2 Å². The van der Waals surface area contributed by atoms with Crippen molar-refractivity contribution in [3.63, 3.8) is 0 Å². The van der Waals surface area contributed by atoms with Gasteiger partial charge in [-0.05, 0) is 50.3 Å². The maximum Gasteiger partial charge on any atom is 0.167 e. The van der Waals surface area contributed by atoms with Crippen LogP contribution in [0.5, 0.6) is 5.75 Å². The number of rotatable bonds is 8. The Hall–Kier alpha value is -1.80. The summed E-state index contributed by atoms with van der Waals surface area (Å²) in [4.78, 5) is 4.77. The highest BCUT2D eigenvalue weighted by molar-refractivity contribution is 5.50. The quantitative estimate of drug-likeness (QED) is 0.647. The molecule has 0 N–H and O–H groups in total. The van der Waals surface area contributed by atoms with Crippen LogP contribution in [0.1, 0.15) is 40.0 Å². The summed E-state index contributed by atoms with van der Waals surface area (Å²) in [6.07, 6.45) is 2.69. The van der Waals surface area contributed by atoms with Crippen LogP contribution in [0.2, 0.25) is 0 Å². The summed E-state index contributed by atoms with van der Waals surface area (Å²) in [6.45, 7) is 11.6. The van der Waals surface area contributed by atoms with Gasteiger partial charge in [0.15, 0.2) is 11.6 Å². The molecule has 0 radical (unpaired) electrons. The maximum atomic E-state index is 14.3. The normalized spacial score (nSPS) is 18.6. The smallest absolute Gasteiger partial charge is 0.167 e. The van der Waals surface area contributed by atoms with Crippen LogP contribution >= 0.6 is 0 Å². The molecule has 0 amide bonds. The molecule has 0 unspecified atom stereocenters. The number of benzene rings is 1. The minimum atomic E-state index is -0.292. The molecule has 4 nitrogen and oxygen atoms in total. The second-order valence-electron chi connectivity index (χ2n) is 7.55. The predicted octanol–water partition coefficient (Wildman–Crippen LogP) is 4.31. The summed E-state index contributed by atoms with van der Waals surface area (Å²) in [5, 5.41) is 8.78. The van der Waals surface area contributed by atoms with E-state index in [4.69, 9.17) is 10.00 Å². The highest BCUT2D eigenvalue weighted by atomic mass is 19.1. The Kier molecular flexibility index (Phi) is 8.18. The molecule has 5 heteroatoms. The van der Waals surface area contributed by atoms with Gasteiger partial charge in [-0.2, -0.15) is 5.26 Å². The first-order valence-electron chi connectivity index (χ1n) is 9.80. The second kappa shape index (κ2) is 10.4. The molecule has 1 aromatic carbocycles. The molecular formula is C21H32FN3O. The van der Waals surface area contributed by atoms with Gasteiger partial charge < -0.3 is 14.5 Å². The molecule has 1 saturated heterocycles. The SMILES string of the molecule is CCOc1ccc(N2CCN(CCCC#N)C[C@@H](CC(C)C)C2)cc1F. The van der Waals surface area contributed by atoms with Crippen molar-refractivity contribution < 1.29 is 9.13 Å². The first kappa shape index (κ1) is 20.5. The average Bonchev–Trinajstić information content (AvgIpc) is 2.79. The van der Waals surface area contributed by atoms with Crippen LogP contribution < -0.4 is 9.64 Å². The van der Waals surface area contributed by atoms with Crippen molar-refractivity contribution in [2.45, 2.75) is 40.0 Å². The highest BCUT2D eigenvalue weighted by Gasteiger charge is 2.24. The molecule has 144 valence electrons. The lowest BCUT2D eigenvalue weighted by atomic mass is 9.96. The van der Waals surface area contributed by atoms with Gasteiger partial charge in [0.05, 0.1) is 12.7 Å². The maximum absolute atomic E-state index is 14.3. The summed E-state index contributed by atoms with van der Waals surface area (Å²) in [5.74, 6) is 1.22. The summed E-state index contributed by atoms with van der Waals surface area (Å²) < 4.78 is 19.6. The van der Waals surface area contributed by atoms with Crippen LogP contribution in [0.4, 0.5) is 10.1 Å². The number of hydrogen-bond acceptors (Lipinski definition) is 4. The minimum Gasteiger partial charge on any atom is -0.491 e.